The van der Waals surface area contributed by atoms with Crippen LogP contribution >= 0.6 is 0 Å². The molecular weight excluding hydrogens is 272 g/mol. The van der Waals surface area contributed by atoms with Crippen LogP contribution in [0.2, 0.25) is 0 Å². The third kappa shape index (κ3) is 19.0. The fraction of sp³-hybridized carbons (Fsp3) is 0.933. The molecule has 0 aliphatic rings. The maximum Gasteiger partial charge on any atom is 2.00 e. The molecule has 0 aliphatic heterocycles. The molecule has 0 saturated carbocycles. The van der Waals surface area contributed by atoms with E-state index in [9.17, 15) is 0 Å². The molecule has 0 heterocycles. The summed E-state index contributed by atoms with van der Waals surface area (Å²) in [5, 5.41) is 0. The Hall–Kier alpha value is 0.976. The molecular formula is C15H31ClMgO2. The molecule has 0 rings (SSSR count). The fourth-order valence-corrected chi connectivity index (χ4v) is 2.16. The predicted molar refractivity (Wildman–Crippen MR) is 79.6 cm³/mol. The van der Waals surface area contributed by atoms with E-state index in [1.54, 1.807) is 0 Å². The molecule has 0 saturated heterocycles. The second-order valence-electron chi connectivity index (χ2n) is 5.17. The van der Waals surface area contributed by atoms with Gasteiger partial charge in [0.25, 0.3) is 0 Å². The van der Waals surface area contributed by atoms with Crippen LogP contribution in [-0.2, 0) is 9.47 Å². The van der Waals surface area contributed by atoms with Crippen molar-refractivity contribution >= 4 is 23.1 Å². The second kappa shape index (κ2) is 19.0. The zero-order valence-corrected chi connectivity index (χ0v) is 15.5. The Morgan fingerprint density at radius 2 is 1.68 bits per heavy atom. The zero-order valence-electron chi connectivity index (χ0n) is 13.3. The number of ether oxygens (including phenoxy) is 2. The Morgan fingerprint density at radius 1 is 1.05 bits per heavy atom. The van der Waals surface area contributed by atoms with Crippen molar-refractivity contribution in [3.05, 3.63) is 6.42 Å². The van der Waals surface area contributed by atoms with Crippen molar-refractivity contribution in [1.29, 1.82) is 0 Å². The van der Waals surface area contributed by atoms with Gasteiger partial charge in [0, 0.05) is 13.2 Å². The molecule has 2 nitrogen and oxygen atoms in total. The summed E-state index contributed by atoms with van der Waals surface area (Å²) in [6, 6.07) is 0. The van der Waals surface area contributed by atoms with E-state index >= 15 is 0 Å². The van der Waals surface area contributed by atoms with E-state index in [1.807, 2.05) is 0 Å². The summed E-state index contributed by atoms with van der Waals surface area (Å²) in [6.07, 6.45) is 8.32. The van der Waals surface area contributed by atoms with Gasteiger partial charge in [-0.05, 0) is 25.2 Å². The Labute approximate surface area is 142 Å². The van der Waals surface area contributed by atoms with E-state index in [0.29, 0.717) is 6.79 Å². The van der Waals surface area contributed by atoms with Crippen molar-refractivity contribution in [2.24, 2.45) is 11.8 Å². The van der Waals surface area contributed by atoms with Crippen LogP contribution in [0.25, 0.3) is 0 Å². The molecule has 2 atom stereocenters. The van der Waals surface area contributed by atoms with Crippen molar-refractivity contribution in [3.8, 4) is 0 Å². The summed E-state index contributed by atoms with van der Waals surface area (Å²) in [4.78, 5) is 0. The molecule has 112 valence electrons. The SMILES string of the molecule is C[CH-]CC(C)CC(C)CCCOCOCCC.[Cl-].[Mg+2]. The molecule has 0 aliphatic carbocycles. The van der Waals surface area contributed by atoms with Gasteiger partial charge in [-0.3, -0.25) is 0 Å². The predicted octanol–water partition coefficient (Wildman–Crippen LogP) is 1.07. The molecule has 0 radical (unpaired) electrons. The van der Waals surface area contributed by atoms with Gasteiger partial charge in [0.15, 0.2) is 0 Å². The molecule has 0 spiro atoms. The monoisotopic (exact) mass is 302 g/mol. The van der Waals surface area contributed by atoms with Gasteiger partial charge in [-0.25, -0.2) is 0 Å². The number of halogens is 1. The van der Waals surface area contributed by atoms with Crippen LogP contribution in [0.3, 0.4) is 0 Å². The maximum atomic E-state index is 5.41. The number of rotatable bonds is 12. The molecule has 2 unspecified atom stereocenters. The van der Waals surface area contributed by atoms with Crippen LogP contribution in [0.4, 0.5) is 0 Å². The minimum atomic E-state index is 0. The van der Waals surface area contributed by atoms with Crippen molar-refractivity contribution < 1.29 is 21.9 Å². The van der Waals surface area contributed by atoms with Crippen molar-refractivity contribution in [3.63, 3.8) is 0 Å². The molecule has 0 bridgehead atoms. The van der Waals surface area contributed by atoms with E-state index < -0.39 is 0 Å². The normalized spacial score (nSPS) is 13.3. The third-order valence-electron chi connectivity index (χ3n) is 2.94. The average molecular weight is 303 g/mol. The molecule has 0 amide bonds. The minimum Gasteiger partial charge on any atom is -1.00 e. The van der Waals surface area contributed by atoms with E-state index in [1.165, 1.54) is 19.3 Å². The van der Waals surface area contributed by atoms with Gasteiger partial charge in [0.2, 0.25) is 0 Å². The summed E-state index contributed by atoms with van der Waals surface area (Å²) in [6.45, 7) is 11.0. The topological polar surface area (TPSA) is 18.5 Å². The van der Waals surface area contributed by atoms with Crippen molar-refractivity contribution in [2.45, 2.75) is 59.8 Å². The zero-order chi connectivity index (χ0) is 12.9. The van der Waals surface area contributed by atoms with E-state index in [2.05, 4.69) is 34.1 Å². The third-order valence-corrected chi connectivity index (χ3v) is 2.94. The first kappa shape index (κ1) is 25.0. The Kier molecular flexibility index (Phi) is 24.9. The number of hydrogen-bond acceptors (Lipinski definition) is 2. The van der Waals surface area contributed by atoms with Crippen LogP contribution in [0.1, 0.15) is 59.8 Å². The Morgan fingerprint density at radius 3 is 2.26 bits per heavy atom. The van der Waals surface area contributed by atoms with E-state index in [-0.39, 0.29) is 35.5 Å². The fourth-order valence-electron chi connectivity index (χ4n) is 2.16. The first-order valence-corrected chi connectivity index (χ1v) is 7.14. The van der Waals surface area contributed by atoms with Gasteiger partial charge < -0.3 is 28.3 Å². The molecule has 4 heteroatoms. The first-order chi connectivity index (χ1) is 8.20. The molecule has 0 aromatic rings. The summed E-state index contributed by atoms with van der Waals surface area (Å²) in [7, 11) is 0. The smallest absolute Gasteiger partial charge is 1.00 e. The van der Waals surface area contributed by atoms with Crippen LogP contribution in [-0.4, -0.2) is 43.1 Å². The van der Waals surface area contributed by atoms with Crippen LogP contribution < -0.4 is 12.4 Å². The van der Waals surface area contributed by atoms with Gasteiger partial charge in [0.1, 0.15) is 6.79 Å². The molecule has 0 aromatic carbocycles. The summed E-state index contributed by atoms with van der Waals surface area (Å²) in [5.74, 6) is 1.63. The van der Waals surface area contributed by atoms with Crippen molar-refractivity contribution in [1.82, 2.24) is 0 Å². The number of hydrogen-bond donors (Lipinski definition) is 0. The quantitative estimate of drug-likeness (QED) is 0.232. The van der Waals surface area contributed by atoms with Gasteiger partial charge in [-0.15, -0.1) is 0 Å². The largest absolute Gasteiger partial charge is 2.00 e. The van der Waals surface area contributed by atoms with Crippen molar-refractivity contribution in [2.75, 3.05) is 20.0 Å². The Bertz CT molecular complexity index is 159. The van der Waals surface area contributed by atoms with Gasteiger partial charge in [-0.1, -0.05) is 33.1 Å². The average Bonchev–Trinajstić information content (AvgIpc) is 2.28. The van der Waals surface area contributed by atoms with Gasteiger partial charge in [0.05, 0.1) is 0 Å². The summed E-state index contributed by atoms with van der Waals surface area (Å²) < 4.78 is 10.7. The Balaban J connectivity index is -0.00000128. The maximum absolute atomic E-state index is 5.41. The molecule has 19 heavy (non-hydrogen) atoms. The first-order valence-electron chi connectivity index (χ1n) is 7.14. The van der Waals surface area contributed by atoms with Crippen LogP contribution in [0.5, 0.6) is 0 Å². The van der Waals surface area contributed by atoms with E-state index in [4.69, 9.17) is 9.47 Å². The van der Waals surface area contributed by atoms with Gasteiger partial charge >= 0.3 is 23.1 Å². The minimum absolute atomic E-state index is 0. The van der Waals surface area contributed by atoms with Gasteiger partial charge in [-0.2, -0.15) is 13.3 Å². The molecule has 0 N–H and O–H groups in total. The second-order valence-corrected chi connectivity index (χ2v) is 5.17. The summed E-state index contributed by atoms with van der Waals surface area (Å²) in [5.41, 5.74) is 0. The standard InChI is InChI=1S/C15H31O2.ClH.Mg/c1-5-8-14(3)12-15(4)9-7-11-17-13-16-10-6-2;;/h5,14-15H,6-13H2,1-4H3;1H;/q-1;;+2/p-1. The van der Waals surface area contributed by atoms with Crippen LogP contribution in [0, 0.1) is 18.3 Å². The van der Waals surface area contributed by atoms with Crippen LogP contribution in [0.15, 0.2) is 0 Å². The molecule has 0 fully saturated rings. The van der Waals surface area contributed by atoms with E-state index in [0.717, 1.165) is 37.9 Å². The summed E-state index contributed by atoms with van der Waals surface area (Å²) >= 11 is 0. The molecule has 0 aromatic heterocycles.